The Morgan fingerprint density at radius 2 is 1.76 bits per heavy atom. The average Bonchev–Trinajstić information content (AvgIpc) is 3.11. The van der Waals surface area contributed by atoms with Crippen molar-refractivity contribution in [3.05, 3.63) is 87.5 Å². The summed E-state index contributed by atoms with van der Waals surface area (Å²) < 4.78 is 0. The third kappa shape index (κ3) is 3.70. The lowest BCUT2D eigenvalue weighted by Gasteiger charge is -2.06. The van der Waals surface area contributed by atoms with E-state index in [1.165, 1.54) is 35.4 Å². The number of nitrogens with one attached hydrogen (secondary N) is 2. The number of aromatic amines is 1. The molecule has 0 bridgehead atoms. The van der Waals surface area contributed by atoms with Crippen LogP contribution in [0.5, 0.6) is 0 Å². The molecule has 3 aromatic carbocycles. The number of hydrogen-bond acceptors (Lipinski definition) is 4. The first-order valence-corrected chi connectivity index (χ1v) is 9.04. The summed E-state index contributed by atoms with van der Waals surface area (Å²) in [6, 6.07) is 17.0. The van der Waals surface area contributed by atoms with E-state index in [1.807, 2.05) is 12.1 Å². The number of H-pyrrole nitrogens is 1. The van der Waals surface area contributed by atoms with Crippen molar-refractivity contribution in [1.29, 1.82) is 0 Å². The first-order chi connectivity index (χ1) is 13.9. The molecule has 1 aromatic heterocycles. The summed E-state index contributed by atoms with van der Waals surface area (Å²) in [4.78, 5) is 30.7. The molecule has 7 nitrogen and oxygen atoms in total. The molecular weight excluding hydrogens is 368 g/mol. The van der Waals surface area contributed by atoms with Gasteiger partial charge in [0.1, 0.15) is 5.82 Å². The average molecular weight is 386 g/mol. The summed E-state index contributed by atoms with van der Waals surface area (Å²) in [5.41, 5.74) is 5.87. The highest BCUT2D eigenvalue weighted by Crippen LogP contribution is 2.24. The molecule has 0 aliphatic rings. The molecule has 1 amide bonds. The first kappa shape index (κ1) is 18.4. The molecular formula is C22H18N4O3. The van der Waals surface area contributed by atoms with Gasteiger partial charge in [0.25, 0.3) is 11.6 Å². The van der Waals surface area contributed by atoms with Gasteiger partial charge in [-0.05, 0) is 67.4 Å². The molecule has 0 radical (unpaired) electrons. The monoisotopic (exact) mass is 386 g/mol. The van der Waals surface area contributed by atoms with Crippen molar-refractivity contribution in [3.63, 3.8) is 0 Å². The fourth-order valence-electron chi connectivity index (χ4n) is 3.08. The number of amides is 1. The molecule has 4 aromatic rings. The Hall–Kier alpha value is -4.00. The Morgan fingerprint density at radius 3 is 2.48 bits per heavy atom. The van der Waals surface area contributed by atoms with E-state index in [0.29, 0.717) is 5.69 Å². The number of carbonyl (C=O) groups excluding carboxylic acids is 1. The maximum Gasteiger partial charge on any atom is 0.270 e. The molecule has 0 fully saturated rings. The molecule has 0 saturated heterocycles. The zero-order valence-corrected chi connectivity index (χ0v) is 15.9. The predicted octanol–water partition coefficient (Wildman–Crippen LogP) is 5.01. The normalized spacial score (nSPS) is 10.8. The fraction of sp³-hybridized carbons (Fsp3) is 0.0909. The predicted molar refractivity (Wildman–Crippen MR) is 112 cm³/mol. The van der Waals surface area contributed by atoms with Gasteiger partial charge in [-0.3, -0.25) is 14.9 Å². The molecule has 0 spiro atoms. The topological polar surface area (TPSA) is 101 Å². The molecule has 0 aliphatic carbocycles. The van der Waals surface area contributed by atoms with E-state index >= 15 is 0 Å². The lowest BCUT2D eigenvalue weighted by molar-refractivity contribution is -0.384. The van der Waals surface area contributed by atoms with Gasteiger partial charge >= 0.3 is 0 Å². The smallest absolute Gasteiger partial charge is 0.270 e. The highest BCUT2D eigenvalue weighted by atomic mass is 16.6. The van der Waals surface area contributed by atoms with Crippen LogP contribution in [0, 0.1) is 24.0 Å². The van der Waals surface area contributed by atoms with Gasteiger partial charge in [0.2, 0.25) is 0 Å². The number of nitrogens with zero attached hydrogens (tertiary/aromatic N) is 2. The highest BCUT2D eigenvalue weighted by Gasteiger charge is 2.12. The number of anilines is 1. The van der Waals surface area contributed by atoms with Crippen molar-refractivity contribution >= 4 is 28.3 Å². The highest BCUT2D eigenvalue weighted by molar-refractivity contribution is 6.04. The summed E-state index contributed by atoms with van der Waals surface area (Å²) >= 11 is 0. The van der Waals surface area contributed by atoms with Gasteiger partial charge in [-0.15, -0.1) is 0 Å². The number of aromatic nitrogens is 2. The maximum absolute atomic E-state index is 12.4. The summed E-state index contributed by atoms with van der Waals surface area (Å²) in [5, 5.41) is 13.6. The molecule has 144 valence electrons. The Bertz CT molecular complexity index is 1200. The van der Waals surface area contributed by atoms with E-state index in [4.69, 9.17) is 0 Å². The van der Waals surface area contributed by atoms with Crippen LogP contribution in [0.25, 0.3) is 22.4 Å². The summed E-state index contributed by atoms with van der Waals surface area (Å²) in [6.07, 6.45) is 0. The third-order valence-electron chi connectivity index (χ3n) is 4.83. The Labute approximate surface area is 166 Å². The zero-order chi connectivity index (χ0) is 20.5. The van der Waals surface area contributed by atoms with E-state index in [1.54, 1.807) is 12.1 Å². The Morgan fingerprint density at radius 1 is 1.03 bits per heavy atom. The molecule has 1 heterocycles. The number of benzene rings is 3. The molecule has 0 aliphatic heterocycles. The second kappa shape index (κ2) is 7.20. The number of aryl methyl sites for hydroxylation is 2. The molecule has 29 heavy (non-hydrogen) atoms. The number of carbonyl (C=O) groups is 1. The van der Waals surface area contributed by atoms with Crippen LogP contribution in [0.15, 0.2) is 60.7 Å². The molecule has 0 saturated carbocycles. The Kier molecular flexibility index (Phi) is 4.56. The van der Waals surface area contributed by atoms with E-state index in [-0.39, 0.29) is 11.3 Å². The number of nitro benzene ring substituents is 1. The summed E-state index contributed by atoms with van der Waals surface area (Å²) in [7, 11) is 0. The van der Waals surface area contributed by atoms with Crippen molar-refractivity contribution in [1.82, 2.24) is 9.97 Å². The fourth-order valence-corrected chi connectivity index (χ4v) is 3.08. The minimum absolute atomic E-state index is 0.122. The molecule has 2 N–H and O–H groups in total. The molecule has 0 atom stereocenters. The first-order valence-electron chi connectivity index (χ1n) is 9.04. The van der Waals surface area contributed by atoms with E-state index in [0.717, 1.165) is 22.4 Å². The van der Waals surface area contributed by atoms with E-state index < -0.39 is 10.8 Å². The number of hydrogen-bond donors (Lipinski definition) is 2. The number of nitro groups is 1. The van der Waals surface area contributed by atoms with Gasteiger partial charge < -0.3 is 10.3 Å². The second-order valence-corrected chi connectivity index (χ2v) is 6.88. The third-order valence-corrected chi connectivity index (χ3v) is 4.83. The minimum atomic E-state index is -0.526. The lowest BCUT2D eigenvalue weighted by Crippen LogP contribution is -2.12. The Balaban J connectivity index is 1.54. The standard InChI is InChI=1S/C22H18N4O3/c1-13-10-19-20(11-14(13)2)25-21(24-19)15-6-8-17(9-7-15)23-22(27)16-4-3-5-18(12-16)26(28)29/h3-12H,1-2H3,(H,23,27)(H,24,25). The van der Waals surface area contributed by atoms with Gasteiger partial charge in [-0.25, -0.2) is 4.98 Å². The van der Waals surface area contributed by atoms with E-state index in [2.05, 4.69) is 41.3 Å². The van der Waals surface area contributed by atoms with Crippen LogP contribution < -0.4 is 5.32 Å². The molecule has 7 heteroatoms. The van der Waals surface area contributed by atoms with Gasteiger partial charge in [0.05, 0.1) is 16.0 Å². The van der Waals surface area contributed by atoms with Crippen LogP contribution in [0.2, 0.25) is 0 Å². The van der Waals surface area contributed by atoms with Gasteiger partial charge in [0.15, 0.2) is 0 Å². The van der Waals surface area contributed by atoms with Crippen LogP contribution in [0.1, 0.15) is 21.5 Å². The second-order valence-electron chi connectivity index (χ2n) is 6.88. The van der Waals surface area contributed by atoms with Crippen molar-refractivity contribution in [2.75, 3.05) is 5.32 Å². The van der Waals surface area contributed by atoms with Crippen molar-refractivity contribution in [2.24, 2.45) is 0 Å². The number of non-ortho nitro benzene ring substituents is 1. The van der Waals surface area contributed by atoms with Gasteiger partial charge in [0, 0.05) is 28.9 Å². The molecule has 4 rings (SSSR count). The number of fused-ring (bicyclic) bond motifs is 1. The quantitative estimate of drug-likeness (QED) is 0.380. The summed E-state index contributed by atoms with van der Waals surface area (Å²) in [5.74, 6) is 0.345. The SMILES string of the molecule is Cc1cc2nc(-c3ccc(NC(=O)c4cccc([N+](=O)[O-])c4)cc3)[nH]c2cc1C. The largest absolute Gasteiger partial charge is 0.338 e. The van der Waals surface area contributed by atoms with Crippen LogP contribution in [-0.2, 0) is 0 Å². The van der Waals surface area contributed by atoms with Crippen LogP contribution in [0.4, 0.5) is 11.4 Å². The van der Waals surface area contributed by atoms with Crippen molar-refractivity contribution < 1.29 is 9.72 Å². The van der Waals surface area contributed by atoms with Gasteiger partial charge in [-0.2, -0.15) is 0 Å². The number of rotatable bonds is 4. The van der Waals surface area contributed by atoms with Crippen LogP contribution >= 0.6 is 0 Å². The molecule has 0 unspecified atom stereocenters. The zero-order valence-electron chi connectivity index (χ0n) is 15.9. The summed E-state index contributed by atoms with van der Waals surface area (Å²) in [6.45, 7) is 4.12. The van der Waals surface area contributed by atoms with Crippen LogP contribution in [0.3, 0.4) is 0 Å². The minimum Gasteiger partial charge on any atom is -0.338 e. The van der Waals surface area contributed by atoms with Crippen molar-refractivity contribution in [3.8, 4) is 11.4 Å². The van der Waals surface area contributed by atoms with Crippen LogP contribution in [-0.4, -0.2) is 20.8 Å². The van der Waals surface area contributed by atoms with Crippen molar-refractivity contribution in [2.45, 2.75) is 13.8 Å². The lowest BCUT2D eigenvalue weighted by atomic mass is 10.1. The number of imidazole rings is 1. The van der Waals surface area contributed by atoms with Gasteiger partial charge in [-0.1, -0.05) is 6.07 Å². The van der Waals surface area contributed by atoms with E-state index in [9.17, 15) is 14.9 Å². The maximum atomic E-state index is 12.4.